The fraction of sp³-hybridized carbons (Fsp3) is 0.889. The number of alkyl halides is 2. The highest BCUT2D eigenvalue weighted by molar-refractivity contribution is 5.81. The van der Waals surface area contributed by atoms with Gasteiger partial charge in [0, 0.05) is 19.0 Å². The molecule has 1 saturated heterocycles. The summed E-state index contributed by atoms with van der Waals surface area (Å²) >= 11 is 0. The molecule has 0 bridgehead atoms. The molecule has 0 aromatic heterocycles. The summed E-state index contributed by atoms with van der Waals surface area (Å²) in [6.45, 7) is 0.0819. The molecule has 2 aliphatic rings. The third-order valence-electron chi connectivity index (χ3n) is 2.89. The summed E-state index contributed by atoms with van der Waals surface area (Å²) in [6.07, 6.45) is -1.87. The third kappa shape index (κ3) is 1.73. The van der Waals surface area contributed by atoms with E-state index in [0.29, 0.717) is 0 Å². The Kier molecular flexibility index (Phi) is 2.43. The maximum absolute atomic E-state index is 12.3. The van der Waals surface area contributed by atoms with Gasteiger partial charge in [-0.1, -0.05) is 0 Å². The van der Waals surface area contributed by atoms with Gasteiger partial charge in [0.15, 0.2) is 0 Å². The average Bonchev–Trinajstić information content (AvgIpc) is 2.88. The van der Waals surface area contributed by atoms with Crippen molar-refractivity contribution in [1.29, 1.82) is 0 Å². The molecule has 1 heterocycles. The number of rotatable bonds is 2. The first-order valence-corrected chi connectivity index (χ1v) is 4.84. The number of aliphatic hydroxyl groups excluding tert-OH is 1. The summed E-state index contributed by atoms with van der Waals surface area (Å²) in [5.74, 6) is -1.08. The Bertz CT molecular complexity index is 243. The van der Waals surface area contributed by atoms with E-state index in [-0.39, 0.29) is 24.9 Å². The van der Waals surface area contributed by atoms with E-state index in [2.05, 4.69) is 0 Å². The second-order valence-electron chi connectivity index (χ2n) is 4.08. The fourth-order valence-corrected chi connectivity index (χ4v) is 1.83. The maximum atomic E-state index is 12.3. The summed E-state index contributed by atoms with van der Waals surface area (Å²) < 4.78 is 24.7. The van der Waals surface area contributed by atoms with Crippen LogP contribution >= 0.6 is 0 Å². The number of likely N-dealkylation sites (tertiary alicyclic amines) is 1. The molecule has 0 radical (unpaired) electrons. The Hall–Kier alpha value is -0.710. The van der Waals surface area contributed by atoms with Gasteiger partial charge in [0.2, 0.25) is 12.3 Å². The van der Waals surface area contributed by atoms with E-state index in [9.17, 15) is 18.7 Å². The zero-order chi connectivity index (χ0) is 10.3. The minimum Gasteiger partial charge on any atom is -0.391 e. The minimum atomic E-state index is -2.54. The van der Waals surface area contributed by atoms with Gasteiger partial charge in [0.05, 0.1) is 12.0 Å². The molecule has 1 amide bonds. The van der Waals surface area contributed by atoms with Crippen molar-refractivity contribution in [2.45, 2.75) is 25.4 Å². The first-order chi connectivity index (χ1) is 6.59. The Labute approximate surface area is 80.7 Å². The van der Waals surface area contributed by atoms with Gasteiger partial charge >= 0.3 is 0 Å². The van der Waals surface area contributed by atoms with Gasteiger partial charge in [-0.15, -0.1) is 0 Å². The standard InChI is InChI=1S/C9H13F2NO2/c10-8(11)6-3-12(4-7(6)13)9(14)5-1-2-5/h5-8,13H,1-4H2. The van der Waals surface area contributed by atoms with E-state index >= 15 is 0 Å². The molecule has 1 N–H and O–H groups in total. The van der Waals surface area contributed by atoms with Crippen LogP contribution in [0.5, 0.6) is 0 Å². The van der Waals surface area contributed by atoms with Crippen molar-refractivity contribution in [3.63, 3.8) is 0 Å². The molecular formula is C9H13F2NO2. The van der Waals surface area contributed by atoms with Crippen LogP contribution in [-0.2, 0) is 4.79 Å². The lowest BCUT2D eigenvalue weighted by Gasteiger charge is -2.15. The fourth-order valence-electron chi connectivity index (χ4n) is 1.83. The van der Waals surface area contributed by atoms with E-state index in [1.54, 1.807) is 0 Å². The predicted molar refractivity (Wildman–Crippen MR) is 44.8 cm³/mol. The Morgan fingerprint density at radius 3 is 2.43 bits per heavy atom. The van der Waals surface area contributed by atoms with Crippen LogP contribution in [0.1, 0.15) is 12.8 Å². The molecule has 80 valence electrons. The molecule has 2 atom stereocenters. The van der Waals surface area contributed by atoms with Gasteiger partial charge in [0.25, 0.3) is 0 Å². The zero-order valence-corrected chi connectivity index (χ0v) is 7.70. The molecule has 0 aromatic carbocycles. The van der Waals surface area contributed by atoms with E-state index in [1.807, 2.05) is 0 Å². The summed E-state index contributed by atoms with van der Waals surface area (Å²) in [5, 5.41) is 9.31. The highest BCUT2D eigenvalue weighted by atomic mass is 19.3. The van der Waals surface area contributed by atoms with Crippen molar-refractivity contribution in [3.05, 3.63) is 0 Å². The lowest BCUT2D eigenvalue weighted by atomic mass is 10.1. The van der Waals surface area contributed by atoms with Gasteiger partial charge in [-0.2, -0.15) is 0 Å². The maximum Gasteiger partial charge on any atom is 0.245 e. The molecule has 5 heteroatoms. The number of β-amino-alcohol motifs (C(OH)–C–C–N with tert-alkyl or cyclic N) is 1. The Morgan fingerprint density at radius 1 is 1.36 bits per heavy atom. The van der Waals surface area contributed by atoms with Crippen molar-refractivity contribution in [3.8, 4) is 0 Å². The van der Waals surface area contributed by atoms with E-state index in [0.717, 1.165) is 12.8 Å². The summed E-state index contributed by atoms with van der Waals surface area (Å²) in [5.41, 5.74) is 0. The molecule has 3 nitrogen and oxygen atoms in total. The molecule has 2 rings (SSSR count). The summed E-state index contributed by atoms with van der Waals surface area (Å²) in [7, 11) is 0. The molecule has 0 aromatic rings. The van der Waals surface area contributed by atoms with Crippen LogP contribution < -0.4 is 0 Å². The summed E-state index contributed by atoms with van der Waals surface area (Å²) in [6, 6.07) is 0. The van der Waals surface area contributed by atoms with Gasteiger partial charge in [-0.3, -0.25) is 4.79 Å². The molecule has 1 aliphatic heterocycles. The first-order valence-electron chi connectivity index (χ1n) is 4.84. The van der Waals surface area contributed by atoms with Crippen LogP contribution in [0.3, 0.4) is 0 Å². The second-order valence-corrected chi connectivity index (χ2v) is 4.08. The smallest absolute Gasteiger partial charge is 0.245 e. The highest BCUT2D eigenvalue weighted by Crippen LogP contribution is 2.33. The van der Waals surface area contributed by atoms with Crippen LogP contribution in [0, 0.1) is 11.8 Å². The lowest BCUT2D eigenvalue weighted by Crippen LogP contribution is -2.30. The number of aliphatic hydroxyl groups is 1. The van der Waals surface area contributed by atoms with Crippen LogP contribution in [0.25, 0.3) is 0 Å². The highest BCUT2D eigenvalue weighted by Gasteiger charge is 2.43. The molecule has 1 aliphatic carbocycles. The van der Waals surface area contributed by atoms with Crippen molar-refractivity contribution in [2.24, 2.45) is 11.8 Å². The van der Waals surface area contributed by atoms with Crippen molar-refractivity contribution >= 4 is 5.91 Å². The van der Waals surface area contributed by atoms with Crippen LogP contribution in [0.4, 0.5) is 8.78 Å². The molecular weight excluding hydrogens is 192 g/mol. The quantitative estimate of drug-likeness (QED) is 0.712. The van der Waals surface area contributed by atoms with Gasteiger partial charge in [-0.25, -0.2) is 8.78 Å². The van der Waals surface area contributed by atoms with Crippen LogP contribution in [-0.4, -0.2) is 41.5 Å². The largest absolute Gasteiger partial charge is 0.391 e. The molecule has 0 spiro atoms. The van der Waals surface area contributed by atoms with E-state index in [1.165, 1.54) is 4.90 Å². The number of hydrogen-bond donors (Lipinski definition) is 1. The number of hydrogen-bond acceptors (Lipinski definition) is 2. The zero-order valence-electron chi connectivity index (χ0n) is 7.70. The molecule has 14 heavy (non-hydrogen) atoms. The topological polar surface area (TPSA) is 40.5 Å². The monoisotopic (exact) mass is 205 g/mol. The average molecular weight is 205 g/mol. The third-order valence-corrected chi connectivity index (χ3v) is 2.89. The molecule has 2 fully saturated rings. The SMILES string of the molecule is O=C(C1CC1)N1CC(O)C(C(F)F)C1. The van der Waals surface area contributed by atoms with Gasteiger partial charge in [-0.05, 0) is 12.8 Å². The second kappa shape index (κ2) is 3.46. The lowest BCUT2D eigenvalue weighted by molar-refractivity contribution is -0.132. The van der Waals surface area contributed by atoms with Crippen molar-refractivity contribution < 1.29 is 18.7 Å². The Balaban J connectivity index is 1.94. The number of halogens is 2. The minimum absolute atomic E-state index is 0.00810. The number of carbonyl (C=O) groups is 1. The predicted octanol–water partition coefficient (Wildman–Crippen LogP) is 0.481. The van der Waals surface area contributed by atoms with Gasteiger partial charge in [0.1, 0.15) is 0 Å². The number of nitrogens with zero attached hydrogens (tertiary/aromatic N) is 1. The number of amides is 1. The van der Waals surface area contributed by atoms with E-state index in [4.69, 9.17) is 0 Å². The Morgan fingerprint density at radius 2 is 2.00 bits per heavy atom. The van der Waals surface area contributed by atoms with E-state index < -0.39 is 18.4 Å². The number of carbonyl (C=O) groups excluding carboxylic acids is 1. The van der Waals surface area contributed by atoms with Crippen molar-refractivity contribution in [1.82, 2.24) is 4.90 Å². The van der Waals surface area contributed by atoms with Gasteiger partial charge < -0.3 is 10.0 Å². The van der Waals surface area contributed by atoms with Crippen LogP contribution in [0.15, 0.2) is 0 Å². The summed E-state index contributed by atoms with van der Waals surface area (Å²) in [4.78, 5) is 12.9. The normalized spacial score (nSPS) is 32.7. The molecule has 2 unspecified atom stereocenters. The van der Waals surface area contributed by atoms with Crippen LogP contribution in [0.2, 0.25) is 0 Å². The van der Waals surface area contributed by atoms with Crippen molar-refractivity contribution in [2.75, 3.05) is 13.1 Å². The first kappa shape index (κ1) is 9.83. The molecule has 1 saturated carbocycles.